The van der Waals surface area contributed by atoms with Gasteiger partial charge in [0.05, 0.1) is 16.9 Å². The first-order chi connectivity index (χ1) is 16.3. The van der Waals surface area contributed by atoms with E-state index in [1.807, 2.05) is 23.6 Å². The van der Waals surface area contributed by atoms with Crippen LogP contribution in [0.2, 0.25) is 0 Å². The number of nitrogens with zero attached hydrogens (tertiary/aromatic N) is 2. The summed E-state index contributed by atoms with van der Waals surface area (Å²) >= 11 is 1.84. The van der Waals surface area contributed by atoms with Gasteiger partial charge in [-0.05, 0) is 23.6 Å². The van der Waals surface area contributed by atoms with Crippen molar-refractivity contribution in [3.63, 3.8) is 0 Å². The minimum absolute atomic E-state index is 1.01. The van der Waals surface area contributed by atoms with E-state index in [0.717, 1.165) is 27.7 Å². The molecule has 0 spiro atoms. The van der Waals surface area contributed by atoms with E-state index >= 15 is 0 Å². The molecule has 0 unspecified atom stereocenters. The van der Waals surface area contributed by atoms with Crippen molar-refractivity contribution >= 4 is 53.2 Å². The molecule has 4 aromatic carbocycles. The predicted octanol–water partition coefficient (Wildman–Crippen LogP) is 8.48. The van der Waals surface area contributed by atoms with Gasteiger partial charge >= 0.3 is 0 Å². The molecule has 0 amide bonds. The third-order valence-corrected chi connectivity index (χ3v) is 7.59. The van der Waals surface area contributed by atoms with Crippen molar-refractivity contribution in [2.24, 2.45) is 0 Å². The average molecular weight is 439 g/mol. The van der Waals surface area contributed by atoms with Gasteiger partial charge in [-0.3, -0.25) is 4.98 Å². The predicted molar refractivity (Wildman–Crippen MR) is 141 cm³/mol. The fourth-order valence-corrected chi connectivity index (χ4v) is 6.02. The highest BCUT2D eigenvalue weighted by Gasteiger charge is 2.15. The second-order valence-corrected chi connectivity index (χ2v) is 9.29. The lowest BCUT2D eigenvalue weighted by atomic mass is 10.0. The highest BCUT2D eigenvalue weighted by molar-refractivity contribution is 7.26. The number of para-hydroxylation sites is 1. The second-order valence-electron chi connectivity index (χ2n) is 8.27. The molecule has 0 bridgehead atoms. The molecule has 0 fully saturated rings. The third-order valence-electron chi connectivity index (χ3n) is 6.31. The molecule has 0 radical (unpaired) electrons. The van der Waals surface area contributed by atoms with Crippen molar-refractivity contribution in [2.75, 3.05) is 0 Å². The molecule has 7 rings (SSSR count). The van der Waals surface area contributed by atoms with Gasteiger partial charge in [-0.15, -0.1) is 11.3 Å². The van der Waals surface area contributed by atoms with Crippen molar-refractivity contribution in [3.05, 3.63) is 109 Å². The molecule has 0 aliphatic carbocycles. The second kappa shape index (κ2) is 7.22. The zero-order valence-electron chi connectivity index (χ0n) is 17.7. The summed E-state index contributed by atoms with van der Waals surface area (Å²) in [4.78, 5) is 9.78. The van der Waals surface area contributed by atoms with E-state index in [4.69, 9.17) is 9.97 Å². The average Bonchev–Trinajstić information content (AvgIpc) is 3.27. The molecule has 33 heavy (non-hydrogen) atoms. The first-order valence-corrected chi connectivity index (χ1v) is 11.8. The van der Waals surface area contributed by atoms with E-state index in [-0.39, 0.29) is 0 Å². The summed E-state index contributed by atoms with van der Waals surface area (Å²) in [6.07, 6.45) is 1.97. The number of pyridine rings is 2. The Morgan fingerprint density at radius 2 is 1.18 bits per heavy atom. The van der Waals surface area contributed by atoms with Gasteiger partial charge in [0.1, 0.15) is 0 Å². The molecule has 0 aliphatic rings. The van der Waals surface area contributed by atoms with Crippen LogP contribution in [0, 0.1) is 0 Å². The van der Waals surface area contributed by atoms with E-state index in [0.29, 0.717) is 0 Å². The summed E-state index contributed by atoms with van der Waals surface area (Å²) in [5.74, 6) is 0. The van der Waals surface area contributed by atoms with Crippen LogP contribution in [-0.4, -0.2) is 9.97 Å². The summed E-state index contributed by atoms with van der Waals surface area (Å²) in [6, 6.07) is 36.2. The quantitative estimate of drug-likeness (QED) is 0.270. The van der Waals surface area contributed by atoms with Crippen molar-refractivity contribution in [3.8, 4) is 22.5 Å². The summed E-state index contributed by atoms with van der Waals surface area (Å²) in [7, 11) is 0. The molecule has 0 N–H and O–H groups in total. The van der Waals surface area contributed by atoms with Crippen LogP contribution in [-0.2, 0) is 0 Å². The molecule has 3 aromatic heterocycles. The van der Waals surface area contributed by atoms with Gasteiger partial charge in [0.2, 0.25) is 0 Å². The van der Waals surface area contributed by atoms with Crippen molar-refractivity contribution in [1.29, 1.82) is 0 Å². The summed E-state index contributed by atoms with van der Waals surface area (Å²) in [5, 5.41) is 6.07. The SMILES string of the molecule is c1ccc2cc(-c3cccc4c3sc3c(-c5ccc6ccccc6n5)cccc34)ncc2c1. The van der Waals surface area contributed by atoms with E-state index in [2.05, 4.69) is 97.1 Å². The number of thiophene rings is 1. The maximum Gasteiger partial charge on any atom is 0.0724 e. The van der Waals surface area contributed by atoms with Crippen LogP contribution in [0.5, 0.6) is 0 Å². The van der Waals surface area contributed by atoms with E-state index in [9.17, 15) is 0 Å². The van der Waals surface area contributed by atoms with Gasteiger partial charge in [0, 0.05) is 48.3 Å². The minimum atomic E-state index is 1.01. The standard InChI is InChI=1S/C30H18N2S/c1-2-9-21-18-31-28(17-20(21)8-1)25-13-6-11-23-22-10-5-12-24(29(22)33-30(23)25)27-16-15-19-7-3-4-14-26(19)32-27/h1-18H. The van der Waals surface area contributed by atoms with Crippen molar-refractivity contribution < 1.29 is 0 Å². The van der Waals surface area contributed by atoms with Gasteiger partial charge in [-0.1, -0.05) is 84.9 Å². The first-order valence-electron chi connectivity index (χ1n) is 11.0. The maximum absolute atomic E-state index is 4.97. The molecule has 0 aliphatic heterocycles. The smallest absolute Gasteiger partial charge is 0.0724 e. The minimum Gasteiger partial charge on any atom is -0.256 e. The lowest BCUT2D eigenvalue weighted by molar-refractivity contribution is 1.37. The highest BCUT2D eigenvalue weighted by Crippen LogP contribution is 2.43. The van der Waals surface area contributed by atoms with Gasteiger partial charge in [0.25, 0.3) is 0 Å². The largest absolute Gasteiger partial charge is 0.256 e. The number of fused-ring (bicyclic) bond motifs is 5. The Balaban J connectivity index is 1.48. The lowest BCUT2D eigenvalue weighted by Gasteiger charge is -2.05. The molecule has 0 saturated carbocycles. The normalized spacial score (nSPS) is 11.6. The van der Waals surface area contributed by atoms with Crippen LogP contribution in [0.3, 0.4) is 0 Å². The Kier molecular flexibility index (Phi) is 4.05. The molecule has 3 heteroatoms. The van der Waals surface area contributed by atoms with Gasteiger partial charge in [0.15, 0.2) is 0 Å². The van der Waals surface area contributed by atoms with Gasteiger partial charge < -0.3 is 0 Å². The fraction of sp³-hybridized carbons (Fsp3) is 0. The van der Waals surface area contributed by atoms with Crippen LogP contribution in [0.4, 0.5) is 0 Å². The molecular formula is C30H18N2S. The Hall–Kier alpha value is -4.08. The molecule has 0 saturated heterocycles. The third kappa shape index (κ3) is 2.94. The first kappa shape index (κ1) is 18.5. The Bertz CT molecular complexity index is 1700. The van der Waals surface area contributed by atoms with Crippen LogP contribution >= 0.6 is 11.3 Å². The van der Waals surface area contributed by atoms with E-state index < -0.39 is 0 Å². The zero-order chi connectivity index (χ0) is 21.8. The highest BCUT2D eigenvalue weighted by atomic mass is 32.1. The van der Waals surface area contributed by atoms with Crippen molar-refractivity contribution in [1.82, 2.24) is 9.97 Å². The van der Waals surface area contributed by atoms with Crippen LogP contribution < -0.4 is 0 Å². The number of hydrogen-bond acceptors (Lipinski definition) is 3. The molecule has 7 aromatic rings. The summed E-state index contributed by atoms with van der Waals surface area (Å²) in [6.45, 7) is 0. The molecule has 2 nitrogen and oxygen atoms in total. The Morgan fingerprint density at radius 3 is 1.97 bits per heavy atom. The Labute approximate surface area is 194 Å². The molecule has 3 heterocycles. The summed E-state index contributed by atoms with van der Waals surface area (Å²) in [5.41, 5.74) is 5.40. The van der Waals surface area contributed by atoms with Crippen LogP contribution in [0.15, 0.2) is 109 Å². The van der Waals surface area contributed by atoms with Crippen LogP contribution in [0.25, 0.3) is 64.4 Å². The molecule has 0 atom stereocenters. The summed E-state index contributed by atoms with van der Waals surface area (Å²) < 4.78 is 2.53. The van der Waals surface area contributed by atoms with E-state index in [1.54, 1.807) is 0 Å². The fourth-order valence-electron chi connectivity index (χ4n) is 4.67. The zero-order valence-corrected chi connectivity index (χ0v) is 18.5. The van der Waals surface area contributed by atoms with Gasteiger partial charge in [-0.25, -0.2) is 4.98 Å². The van der Waals surface area contributed by atoms with Crippen LogP contribution in [0.1, 0.15) is 0 Å². The monoisotopic (exact) mass is 438 g/mol. The van der Waals surface area contributed by atoms with Crippen molar-refractivity contribution in [2.45, 2.75) is 0 Å². The van der Waals surface area contributed by atoms with E-state index in [1.165, 1.54) is 36.7 Å². The maximum atomic E-state index is 4.97. The molecule has 154 valence electrons. The number of rotatable bonds is 2. The number of hydrogen-bond donors (Lipinski definition) is 0. The number of benzene rings is 4. The topological polar surface area (TPSA) is 25.8 Å². The Morgan fingerprint density at radius 1 is 0.515 bits per heavy atom. The lowest BCUT2D eigenvalue weighted by Crippen LogP contribution is -1.85. The number of aromatic nitrogens is 2. The molecular weight excluding hydrogens is 420 g/mol. The van der Waals surface area contributed by atoms with Gasteiger partial charge in [-0.2, -0.15) is 0 Å².